The summed E-state index contributed by atoms with van der Waals surface area (Å²) in [4.78, 5) is 3.91. The maximum Gasteiger partial charge on any atom is 0.123 e. The van der Waals surface area contributed by atoms with E-state index in [9.17, 15) is 10.2 Å². The van der Waals surface area contributed by atoms with E-state index in [1.165, 1.54) is 6.20 Å². The minimum Gasteiger partial charge on any atom is -0.390 e. The van der Waals surface area contributed by atoms with Gasteiger partial charge in [-0.15, -0.1) is 0 Å². The lowest BCUT2D eigenvalue weighted by molar-refractivity contribution is 0.0135. The number of rotatable bonds is 5. The van der Waals surface area contributed by atoms with E-state index in [2.05, 4.69) is 10.3 Å². The van der Waals surface area contributed by atoms with Gasteiger partial charge in [-0.3, -0.25) is 0 Å². The number of aryl methyl sites for hydroxylation is 1. The summed E-state index contributed by atoms with van der Waals surface area (Å²) in [5.41, 5.74) is 6.98. The molecule has 0 aliphatic heterocycles. The van der Waals surface area contributed by atoms with Gasteiger partial charge in [-0.05, 0) is 38.6 Å². The van der Waals surface area contributed by atoms with Crippen LogP contribution in [-0.2, 0) is 0 Å². The first-order valence-corrected chi connectivity index (χ1v) is 5.29. The molecule has 0 radical (unpaired) electrons. The van der Waals surface area contributed by atoms with Crippen molar-refractivity contribution in [2.45, 2.75) is 25.6 Å². The highest BCUT2D eigenvalue weighted by Gasteiger charge is 2.19. The molecular formula is C11H19N3O2. The van der Waals surface area contributed by atoms with Crippen molar-refractivity contribution >= 4 is 5.82 Å². The van der Waals surface area contributed by atoms with Gasteiger partial charge in [0.05, 0.1) is 6.10 Å². The van der Waals surface area contributed by atoms with Crippen LogP contribution in [0.2, 0.25) is 0 Å². The lowest BCUT2D eigenvalue weighted by atomic mass is 10.00. The van der Waals surface area contributed by atoms with Crippen molar-refractivity contribution in [1.82, 2.24) is 10.3 Å². The lowest BCUT2D eigenvalue weighted by Crippen LogP contribution is -2.24. The van der Waals surface area contributed by atoms with Gasteiger partial charge in [-0.2, -0.15) is 0 Å². The van der Waals surface area contributed by atoms with Crippen LogP contribution in [0.15, 0.2) is 12.3 Å². The second-order valence-electron chi connectivity index (χ2n) is 3.87. The van der Waals surface area contributed by atoms with Crippen molar-refractivity contribution in [1.29, 1.82) is 0 Å². The first-order valence-electron chi connectivity index (χ1n) is 5.29. The van der Waals surface area contributed by atoms with E-state index in [0.29, 0.717) is 24.3 Å². The molecule has 5 nitrogen and oxygen atoms in total. The number of aliphatic hydroxyl groups excluding tert-OH is 2. The maximum absolute atomic E-state index is 9.93. The molecule has 0 amide bonds. The molecular weight excluding hydrogens is 206 g/mol. The molecule has 0 saturated carbocycles. The molecule has 1 aromatic rings. The number of nitrogens with one attached hydrogen (secondary N) is 1. The van der Waals surface area contributed by atoms with Gasteiger partial charge in [0.15, 0.2) is 0 Å². The Hall–Kier alpha value is -1.17. The van der Waals surface area contributed by atoms with Crippen molar-refractivity contribution in [3.63, 3.8) is 0 Å². The van der Waals surface area contributed by atoms with Crippen molar-refractivity contribution < 1.29 is 10.2 Å². The predicted octanol–water partition coefficient (Wildman–Crippen LogP) is -0.0240. The van der Waals surface area contributed by atoms with Gasteiger partial charge in [0, 0.05) is 11.8 Å². The van der Waals surface area contributed by atoms with Crippen LogP contribution in [0, 0.1) is 6.92 Å². The van der Waals surface area contributed by atoms with Crippen LogP contribution in [0.5, 0.6) is 0 Å². The highest BCUT2D eigenvalue weighted by Crippen LogP contribution is 2.22. The van der Waals surface area contributed by atoms with Gasteiger partial charge >= 0.3 is 0 Å². The van der Waals surface area contributed by atoms with Crippen LogP contribution in [0.25, 0.3) is 0 Å². The highest BCUT2D eigenvalue weighted by atomic mass is 16.3. The van der Waals surface area contributed by atoms with Crippen molar-refractivity contribution in [2.24, 2.45) is 0 Å². The molecule has 5 heteroatoms. The Morgan fingerprint density at radius 3 is 2.75 bits per heavy atom. The monoisotopic (exact) mass is 225 g/mol. The summed E-state index contributed by atoms with van der Waals surface area (Å²) >= 11 is 0. The zero-order valence-electron chi connectivity index (χ0n) is 9.64. The average molecular weight is 225 g/mol. The third-order valence-corrected chi connectivity index (χ3v) is 2.55. The minimum atomic E-state index is -0.915. The highest BCUT2D eigenvalue weighted by molar-refractivity contribution is 5.37. The number of hydrogen-bond acceptors (Lipinski definition) is 5. The van der Waals surface area contributed by atoms with Crippen molar-refractivity contribution in [2.75, 3.05) is 19.3 Å². The molecule has 0 aliphatic carbocycles. The summed E-state index contributed by atoms with van der Waals surface area (Å²) in [7, 11) is 1.80. The summed E-state index contributed by atoms with van der Waals surface area (Å²) < 4.78 is 0. The number of nitrogens with two attached hydrogens (primary N) is 1. The number of aromatic nitrogens is 1. The minimum absolute atomic E-state index is 0.415. The molecule has 0 bridgehead atoms. The van der Waals surface area contributed by atoms with Gasteiger partial charge in [-0.25, -0.2) is 4.98 Å². The molecule has 1 heterocycles. The maximum atomic E-state index is 9.93. The summed E-state index contributed by atoms with van der Waals surface area (Å²) in [6.45, 7) is 2.49. The quantitative estimate of drug-likeness (QED) is 0.565. The fourth-order valence-corrected chi connectivity index (χ4v) is 1.56. The Morgan fingerprint density at radius 1 is 1.50 bits per heavy atom. The second-order valence-corrected chi connectivity index (χ2v) is 3.87. The normalized spacial score (nSPS) is 14.8. The van der Waals surface area contributed by atoms with E-state index in [4.69, 9.17) is 5.73 Å². The van der Waals surface area contributed by atoms with Crippen LogP contribution in [0.4, 0.5) is 5.82 Å². The predicted molar refractivity (Wildman–Crippen MR) is 62.9 cm³/mol. The average Bonchev–Trinajstić information content (AvgIpc) is 2.25. The third-order valence-electron chi connectivity index (χ3n) is 2.55. The standard InChI is InChI=1S/C11H19N3O2/c1-7-5-10(12)14-6-8(7)11(16)9(15)3-4-13-2/h5-6,9,11,13,15-16H,3-4H2,1-2H3,(H2,12,14). The molecule has 2 atom stereocenters. The lowest BCUT2D eigenvalue weighted by Gasteiger charge is -2.19. The largest absolute Gasteiger partial charge is 0.390 e. The fourth-order valence-electron chi connectivity index (χ4n) is 1.56. The molecule has 0 aliphatic rings. The molecule has 2 unspecified atom stereocenters. The molecule has 90 valence electrons. The Labute approximate surface area is 95.3 Å². The smallest absolute Gasteiger partial charge is 0.123 e. The van der Waals surface area contributed by atoms with E-state index in [1.807, 2.05) is 6.92 Å². The molecule has 0 fully saturated rings. The van der Waals surface area contributed by atoms with Gasteiger partial charge in [-0.1, -0.05) is 0 Å². The van der Waals surface area contributed by atoms with E-state index in [0.717, 1.165) is 5.56 Å². The van der Waals surface area contributed by atoms with Gasteiger partial charge in [0.25, 0.3) is 0 Å². The van der Waals surface area contributed by atoms with Crippen LogP contribution in [0.1, 0.15) is 23.7 Å². The SMILES string of the molecule is CNCCC(O)C(O)c1cnc(N)cc1C. The van der Waals surface area contributed by atoms with Gasteiger partial charge < -0.3 is 21.3 Å². The zero-order chi connectivity index (χ0) is 12.1. The van der Waals surface area contributed by atoms with Crippen LogP contribution < -0.4 is 11.1 Å². The summed E-state index contributed by atoms with van der Waals surface area (Å²) in [5, 5.41) is 22.6. The first kappa shape index (κ1) is 12.9. The summed E-state index contributed by atoms with van der Waals surface area (Å²) in [6.07, 6.45) is 0.289. The molecule has 1 aromatic heterocycles. The van der Waals surface area contributed by atoms with E-state index in [1.54, 1.807) is 13.1 Å². The van der Waals surface area contributed by atoms with Crippen molar-refractivity contribution in [3.8, 4) is 0 Å². The number of aliphatic hydroxyl groups is 2. The van der Waals surface area contributed by atoms with Crippen LogP contribution >= 0.6 is 0 Å². The Morgan fingerprint density at radius 2 is 2.19 bits per heavy atom. The fraction of sp³-hybridized carbons (Fsp3) is 0.545. The molecule has 0 aromatic carbocycles. The first-order chi connectivity index (χ1) is 7.56. The van der Waals surface area contributed by atoms with E-state index >= 15 is 0 Å². The number of hydrogen-bond donors (Lipinski definition) is 4. The van der Waals surface area contributed by atoms with E-state index in [-0.39, 0.29) is 0 Å². The van der Waals surface area contributed by atoms with Gasteiger partial charge in [0.2, 0.25) is 0 Å². The summed E-state index contributed by atoms with van der Waals surface area (Å²) in [6, 6.07) is 1.68. The molecule has 5 N–H and O–H groups in total. The zero-order valence-corrected chi connectivity index (χ0v) is 9.64. The second kappa shape index (κ2) is 5.79. The molecule has 16 heavy (non-hydrogen) atoms. The number of nitrogens with zero attached hydrogens (tertiary/aromatic N) is 1. The molecule has 0 saturated heterocycles. The third kappa shape index (κ3) is 3.16. The number of anilines is 1. The topological polar surface area (TPSA) is 91.4 Å². The Balaban J connectivity index is 2.75. The van der Waals surface area contributed by atoms with Gasteiger partial charge in [0.1, 0.15) is 11.9 Å². The Bertz CT molecular complexity index is 344. The van der Waals surface area contributed by atoms with E-state index < -0.39 is 12.2 Å². The molecule has 0 spiro atoms. The molecule has 1 rings (SSSR count). The number of pyridine rings is 1. The number of nitrogen functional groups attached to an aromatic ring is 1. The summed E-state index contributed by atoms with van der Waals surface area (Å²) in [5.74, 6) is 0.415. The van der Waals surface area contributed by atoms with Crippen molar-refractivity contribution in [3.05, 3.63) is 23.4 Å². The Kier molecular flexibility index (Phi) is 4.67. The van der Waals surface area contributed by atoms with Crippen LogP contribution in [0.3, 0.4) is 0 Å². The van der Waals surface area contributed by atoms with Crippen LogP contribution in [-0.4, -0.2) is 34.9 Å².